The van der Waals surface area contributed by atoms with Gasteiger partial charge in [-0.25, -0.2) is 4.68 Å². The SMILES string of the molecule is CN1CCCc2cc(C(O)c3c(Br)nnn3C)ccc21. The number of hydrogen-bond donors (Lipinski definition) is 1. The number of aromatic nitrogens is 3. The summed E-state index contributed by atoms with van der Waals surface area (Å²) in [7, 11) is 3.89. The van der Waals surface area contributed by atoms with Gasteiger partial charge in [0.1, 0.15) is 11.8 Å². The summed E-state index contributed by atoms with van der Waals surface area (Å²) in [5.41, 5.74) is 4.11. The Labute approximate surface area is 126 Å². The highest BCUT2D eigenvalue weighted by Gasteiger charge is 2.22. The minimum atomic E-state index is -0.720. The van der Waals surface area contributed by atoms with Gasteiger partial charge in [0.15, 0.2) is 4.60 Å². The molecule has 106 valence electrons. The predicted octanol–water partition coefficient (Wildman–Crippen LogP) is 2.04. The van der Waals surface area contributed by atoms with Gasteiger partial charge >= 0.3 is 0 Å². The van der Waals surface area contributed by atoms with Crippen molar-refractivity contribution in [1.29, 1.82) is 0 Å². The third kappa shape index (κ3) is 2.23. The molecule has 1 aromatic carbocycles. The predicted molar refractivity (Wildman–Crippen MR) is 80.8 cm³/mol. The zero-order chi connectivity index (χ0) is 14.3. The van der Waals surface area contributed by atoms with Crippen molar-refractivity contribution >= 4 is 21.6 Å². The number of fused-ring (bicyclic) bond motifs is 1. The van der Waals surface area contributed by atoms with Crippen LogP contribution in [0.1, 0.15) is 29.3 Å². The number of rotatable bonds is 2. The van der Waals surface area contributed by atoms with Crippen LogP contribution in [0, 0.1) is 0 Å². The van der Waals surface area contributed by atoms with Crippen LogP contribution in [0.3, 0.4) is 0 Å². The van der Waals surface area contributed by atoms with E-state index in [1.807, 2.05) is 6.07 Å². The van der Waals surface area contributed by atoms with E-state index in [9.17, 15) is 5.11 Å². The van der Waals surface area contributed by atoms with E-state index < -0.39 is 6.10 Å². The van der Waals surface area contributed by atoms with E-state index in [-0.39, 0.29) is 0 Å². The third-order valence-electron chi connectivity index (χ3n) is 3.86. The second-order valence-corrected chi connectivity index (χ2v) is 5.96. The molecule has 1 atom stereocenters. The van der Waals surface area contributed by atoms with E-state index in [1.54, 1.807) is 11.7 Å². The van der Waals surface area contributed by atoms with Crippen LogP contribution in [-0.2, 0) is 13.5 Å². The Kier molecular flexibility index (Phi) is 3.52. The summed E-state index contributed by atoms with van der Waals surface area (Å²) in [5.74, 6) is 0. The normalized spacial score (nSPS) is 16.1. The van der Waals surface area contributed by atoms with Gasteiger partial charge in [0.05, 0.1) is 0 Å². The number of aryl methyl sites for hydroxylation is 2. The third-order valence-corrected chi connectivity index (χ3v) is 4.42. The number of aliphatic hydroxyl groups excluding tert-OH is 1. The Balaban J connectivity index is 1.99. The van der Waals surface area contributed by atoms with Crippen molar-refractivity contribution in [2.75, 3.05) is 18.5 Å². The molecule has 0 bridgehead atoms. The summed E-state index contributed by atoms with van der Waals surface area (Å²) in [6, 6.07) is 6.16. The molecule has 0 amide bonds. The average molecular weight is 337 g/mol. The first kappa shape index (κ1) is 13.6. The summed E-state index contributed by atoms with van der Waals surface area (Å²) >= 11 is 3.34. The molecular weight excluding hydrogens is 320 g/mol. The van der Waals surface area contributed by atoms with Crippen LogP contribution in [0.5, 0.6) is 0 Å². The fraction of sp³-hybridized carbons (Fsp3) is 0.429. The van der Waals surface area contributed by atoms with E-state index in [0.29, 0.717) is 10.3 Å². The van der Waals surface area contributed by atoms with Gasteiger partial charge in [0.25, 0.3) is 0 Å². The number of hydrogen-bond acceptors (Lipinski definition) is 4. The first-order valence-corrected chi connectivity index (χ1v) is 7.44. The maximum absolute atomic E-state index is 10.6. The lowest BCUT2D eigenvalue weighted by molar-refractivity contribution is 0.209. The molecule has 0 radical (unpaired) electrons. The van der Waals surface area contributed by atoms with Crippen molar-refractivity contribution in [3.05, 3.63) is 39.6 Å². The van der Waals surface area contributed by atoms with E-state index in [0.717, 1.165) is 24.9 Å². The number of anilines is 1. The summed E-state index contributed by atoms with van der Waals surface area (Å²) < 4.78 is 2.18. The Morgan fingerprint density at radius 1 is 1.35 bits per heavy atom. The Morgan fingerprint density at radius 3 is 2.85 bits per heavy atom. The quantitative estimate of drug-likeness (QED) is 0.911. The van der Waals surface area contributed by atoms with Crippen molar-refractivity contribution in [2.24, 2.45) is 7.05 Å². The number of aliphatic hydroxyl groups is 1. The highest BCUT2D eigenvalue weighted by molar-refractivity contribution is 9.10. The monoisotopic (exact) mass is 336 g/mol. The average Bonchev–Trinajstić information content (AvgIpc) is 2.77. The number of nitrogens with zero attached hydrogens (tertiary/aromatic N) is 4. The number of benzene rings is 1. The molecule has 6 heteroatoms. The van der Waals surface area contributed by atoms with Crippen LogP contribution in [0.25, 0.3) is 0 Å². The molecule has 1 N–H and O–H groups in total. The molecule has 1 aliphatic rings. The van der Waals surface area contributed by atoms with Gasteiger partial charge in [-0.2, -0.15) is 0 Å². The van der Waals surface area contributed by atoms with Crippen molar-refractivity contribution in [3.63, 3.8) is 0 Å². The molecule has 0 saturated heterocycles. The number of halogens is 1. The van der Waals surface area contributed by atoms with E-state index in [2.05, 4.69) is 50.3 Å². The molecule has 0 fully saturated rings. The fourth-order valence-corrected chi connectivity index (χ4v) is 3.31. The first-order valence-electron chi connectivity index (χ1n) is 6.65. The van der Waals surface area contributed by atoms with Crippen LogP contribution in [0.4, 0.5) is 5.69 Å². The van der Waals surface area contributed by atoms with Gasteiger partial charge in [-0.3, -0.25) is 0 Å². The standard InChI is InChI=1S/C14H17BrN4O/c1-18-7-3-4-9-8-10(5-6-11(9)18)13(20)12-14(15)16-17-19(12)2/h5-6,8,13,20H,3-4,7H2,1-2H3. The first-order chi connectivity index (χ1) is 9.58. The van der Waals surface area contributed by atoms with E-state index in [1.165, 1.54) is 11.3 Å². The molecule has 1 unspecified atom stereocenters. The van der Waals surface area contributed by atoms with Gasteiger partial charge in [0.2, 0.25) is 0 Å². The van der Waals surface area contributed by atoms with Gasteiger partial charge in [-0.1, -0.05) is 17.3 Å². The van der Waals surface area contributed by atoms with Crippen LogP contribution in [0.15, 0.2) is 22.8 Å². The largest absolute Gasteiger partial charge is 0.382 e. The van der Waals surface area contributed by atoms with Crippen LogP contribution in [-0.4, -0.2) is 33.7 Å². The van der Waals surface area contributed by atoms with Crippen LogP contribution < -0.4 is 4.90 Å². The Bertz CT molecular complexity index is 621. The lowest BCUT2D eigenvalue weighted by atomic mass is 9.97. The zero-order valence-electron chi connectivity index (χ0n) is 11.5. The van der Waals surface area contributed by atoms with Crippen molar-refractivity contribution in [3.8, 4) is 0 Å². The molecule has 2 heterocycles. The van der Waals surface area contributed by atoms with Gasteiger partial charge in [-0.05, 0) is 46.0 Å². The highest BCUT2D eigenvalue weighted by Crippen LogP contribution is 2.32. The molecular formula is C14H17BrN4O. The fourth-order valence-electron chi connectivity index (χ4n) is 2.76. The molecule has 20 heavy (non-hydrogen) atoms. The topological polar surface area (TPSA) is 54.2 Å². The highest BCUT2D eigenvalue weighted by atomic mass is 79.9. The minimum absolute atomic E-state index is 0.585. The smallest absolute Gasteiger partial charge is 0.154 e. The molecule has 0 aliphatic carbocycles. The van der Waals surface area contributed by atoms with Gasteiger partial charge < -0.3 is 10.0 Å². The maximum atomic E-state index is 10.6. The summed E-state index contributed by atoms with van der Waals surface area (Å²) in [4.78, 5) is 2.26. The second kappa shape index (κ2) is 5.18. The van der Waals surface area contributed by atoms with Crippen molar-refractivity contribution in [1.82, 2.24) is 15.0 Å². The summed E-state index contributed by atoms with van der Waals surface area (Å²) in [6.07, 6.45) is 1.49. The molecule has 2 aromatic rings. The molecule has 1 aromatic heterocycles. The van der Waals surface area contributed by atoms with Gasteiger partial charge in [-0.15, -0.1) is 5.10 Å². The molecule has 3 rings (SSSR count). The molecule has 0 saturated carbocycles. The van der Waals surface area contributed by atoms with Crippen molar-refractivity contribution < 1.29 is 5.11 Å². The Hall–Kier alpha value is -1.40. The summed E-state index contributed by atoms with van der Waals surface area (Å²) in [5, 5.41) is 18.4. The minimum Gasteiger partial charge on any atom is -0.382 e. The zero-order valence-corrected chi connectivity index (χ0v) is 13.1. The molecule has 5 nitrogen and oxygen atoms in total. The summed E-state index contributed by atoms with van der Waals surface area (Å²) in [6.45, 7) is 1.09. The lowest BCUT2D eigenvalue weighted by Crippen LogP contribution is -2.24. The maximum Gasteiger partial charge on any atom is 0.154 e. The Morgan fingerprint density at radius 2 is 2.15 bits per heavy atom. The van der Waals surface area contributed by atoms with E-state index in [4.69, 9.17) is 0 Å². The molecule has 0 spiro atoms. The van der Waals surface area contributed by atoms with Crippen LogP contribution in [0.2, 0.25) is 0 Å². The van der Waals surface area contributed by atoms with Crippen LogP contribution >= 0.6 is 15.9 Å². The molecule has 1 aliphatic heterocycles. The van der Waals surface area contributed by atoms with Crippen molar-refractivity contribution in [2.45, 2.75) is 18.9 Å². The second-order valence-electron chi connectivity index (χ2n) is 5.20. The van der Waals surface area contributed by atoms with E-state index >= 15 is 0 Å². The van der Waals surface area contributed by atoms with Gasteiger partial charge in [0, 0.05) is 26.3 Å². The lowest BCUT2D eigenvalue weighted by Gasteiger charge is -2.28.